The van der Waals surface area contributed by atoms with E-state index in [0.717, 1.165) is 49.9 Å². The van der Waals surface area contributed by atoms with E-state index in [9.17, 15) is 9.59 Å². The first-order valence-electron chi connectivity index (χ1n) is 7.67. The number of ether oxygens (including phenoxy) is 1. The third-order valence-electron chi connectivity index (χ3n) is 4.01. The maximum Gasteiger partial charge on any atom is 0.228 e. The van der Waals surface area contributed by atoms with Crippen molar-refractivity contribution < 1.29 is 14.3 Å². The number of rotatable bonds is 6. The molecule has 2 aliphatic rings. The molecule has 2 heterocycles. The van der Waals surface area contributed by atoms with Crippen LogP contribution in [0.1, 0.15) is 15.9 Å². The Balaban J connectivity index is 1.50. The molecule has 7 heteroatoms. The lowest BCUT2D eigenvalue weighted by Gasteiger charge is -2.26. The minimum absolute atomic E-state index is 0.0177. The van der Waals surface area contributed by atoms with E-state index in [-0.39, 0.29) is 11.7 Å². The van der Waals surface area contributed by atoms with E-state index in [4.69, 9.17) is 16.3 Å². The molecule has 1 saturated heterocycles. The monoisotopic (exact) mass is 354 g/mol. The van der Waals surface area contributed by atoms with Crippen LogP contribution in [0.2, 0.25) is 5.02 Å². The number of hydrogen-bond acceptors (Lipinski definition) is 5. The molecule has 0 radical (unpaired) electrons. The van der Waals surface area contributed by atoms with Gasteiger partial charge in [0.25, 0.3) is 0 Å². The Labute approximate surface area is 144 Å². The summed E-state index contributed by atoms with van der Waals surface area (Å²) in [5, 5.41) is 3.14. The van der Waals surface area contributed by atoms with Crippen LogP contribution in [0.4, 0.5) is 5.69 Å². The Morgan fingerprint density at radius 2 is 2.13 bits per heavy atom. The Bertz CT molecular complexity index is 618. The number of halogens is 1. The summed E-state index contributed by atoms with van der Waals surface area (Å²) in [5.41, 5.74) is 2.08. The second-order valence-corrected chi connectivity index (χ2v) is 7.16. The largest absolute Gasteiger partial charge is 0.379 e. The fourth-order valence-electron chi connectivity index (χ4n) is 2.72. The van der Waals surface area contributed by atoms with E-state index in [1.807, 2.05) is 0 Å². The van der Waals surface area contributed by atoms with Crippen molar-refractivity contribution in [3.63, 3.8) is 0 Å². The number of amides is 1. The Hall–Kier alpha value is -1.08. The van der Waals surface area contributed by atoms with Crippen LogP contribution in [-0.4, -0.2) is 60.9 Å². The number of anilines is 1. The fourth-order valence-corrected chi connectivity index (χ4v) is 3.86. The highest BCUT2D eigenvalue weighted by Gasteiger charge is 2.21. The van der Waals surface area contributed by atoms with Crippen molar-refractivity contribution in [2.75, 3.05) is 49.7 Å². The number of fused-ring (bicyclic) bond motifs is 1. The van der Waals surface area contributed by atoms with Gasteiger partial charge < -0.3 is 10.1 Å². The molecule has 2 aliphatic heterocycles. The topological polar surface area (TPSA) is 58.6 Å². The molecule has 1 aromatic carbocycles. The number of morpholine rings is 1. The minimum Gasteiger partial charge on any atom is -0.379 e. The van der Waals surface area contributed by atoms with Crippen molar-refractivity contribution in [1.29, 1.82) is 0 Å². The van der Waals surface area contributed by atoms with Crippen molar-refractivity contribution in [3.8, 4) is 0 Å². The number of ketones is 1. The van der Waals surface area contributed by atoms with E-state index < -0.39 is 0 Å². The average molecular weight is 355 g/mol. The van der Waals surface area contributed by atoms with Gasteiger partial charge in [-0.15, -0.1) is 0 Å². The molecule has 1 fully saturated rings. The molecule has 1 N–H and O–H groups in total. The number of Topliss-reactive ketones (excluding diaryl/α,β-unsaturated/α-hetero) is 1. The second-order valence-electron chi connectivity index (χ2n) is 5.64. The Morgan fingerprint density at radius 1 is 1.35 bits per heavy atom. The maximum absolute atomic E-state index is 12.4. The van der Waals surface area contributed by atoms with Crippen molar-refractivity contribution in [3.05, 3.63) is 28.3 Å². The Morgan fingerprint density at radius 3 is 2.91 bits per heavy atom. The van der Waals surface area contributed by atoms with Crippen LogP contribution in [-0.2, 0) is 16.0 Å². The van der Waals surface area contributed by atoms with Crippen LogP contribution < -0.4 is 5.32 Å². The molecule has 23 heavy (non-hydrogen) atoms. The number of benzene rings is 1. The molecule has 0 unspecified atom stereocenters. The van der Waals surface area contributed by atoms with Crippen LogP contribution in [0.15, 0.2) is 12.1 Å². The average Bonchev–Trinajstić information content (AvgIpc) is 2.90. The molecule has 124 valence electrons. The van der Waals surface area contributed by atoms with Gasteiger partial charge in [0.05, 0.1) is 30.4 Å². The molecule has 0 bridgehead atoms. The van der Waals surface area contributed by atoms with Crippen LogP contribution in [0.25, 0.3) is 0 Å². The lowest BCUT2D eigenvalue weighted by Crippen LogP contribution is -2.37. The third kappa shape index (κ3) is 4.26. The smallest absolute Gasteiger partial charge is 0.228 e. The number of nitrogens with zero attached hydrogens (tertiary/aromatic N) is 1. The summed E-state index contributed by atoms with van der Waals surface area (Å²) in [7, 11) is 0. The molecule has 0 saturated carbocycles. The lowest BCUT2D eigenvalue weighted by atomic mass is 10.1. The van der Waals surface area contributed by atoms with Gasteiger partial charge in [-0.2, -0.15) is 11.8 Å². The standard InChI is InChI=1S/C16H19ClN2O3S/c17-13-9-14-11(8-16(21)18-14)7-12(13)15(20)10-23-6-3-19-1-4-22-5-2-19/h7,9H,1-6,8,10H2,(H,18,21). The zero-order valence-corrected chi connectivity index (χ0v) is 14.3. The van der Waals surface area contributed by atoms with E-state index in [1.54, 1.807) is 23.9 Å². The SMILES string of the molecule is O=C1Cc2cc(C(=O)CSCCN3CCOCC3)c(Cl)cc2N1. The number of carbonyl (C=O) groups is 2. The second kappa shape index (κ2) is 7.66. The summed E-state index contributed by atoms with van der Waals surface area (Å²) >= 11 is 7.80. The predicted molar refractivity (Wildman–Crippen MR) is 92.7 cm³/mol. The predicted octanol–water partition coefficient (Wildman–Crippen LogP) is 2.08. The fraction of sp³-hybridized carbons (Fsp3) is 0.500. The van der Waals surface area contributed by atoms with Gasteiger partial charge in [-0.1, -0.05) is 11.6 Å². The Kier molecular flexibility index (Phi) is 5.58. The highest BCUT2D eigenvalue weighted by molar-refractivity contribution is 8.00. The molecule has 3 rings (SSSR count). The molecule has 0 aliphatic carbocycles. The molecule has 0 atom stereocenters. The van der Waals surface area contributed by atoms with Crippen molar-refractivity contribution >= 4 is 40.7 Å². The van der Waals surface area contributed by atoms with Gasteiger partial charge in [0.15, 0.2) is 5.78 Å². The van der Waals surface area contributed by atoms with E-state index in [1.165, 1.54) is 0 Å². The molecule has 1 aromatic rings. The molecule has 1 amide bonds. The van der Waals surface area contributed by atoms with Crippen LogP contribution in [0.5, 0.6) is 0 Å². The number of thioether (sulfide) groups is 1. The first-order valence-corrected chi connectivity index (χ1v) is 9.20. The van der Waals surface area contributed by atoms with E-state index >= 15 is 0 Å². The zero-order chi connectivity index (χ0) is 16.2. The molecule has 0 aromatic heterocycles. The summed E-state index contributed by atoms with van der Waals surface area (Å²) in [6.45, 7) is 4.48. The highest BCUT2D eigenvalue weighted by atomic mass is 35.5. The minimum atomic E-state index is -0.0550. The quantitative estimate of drug-likeness (QED) is 0.626. The van der Waals surface area contributed by atoms with Gasteiger partial charge >= 0.3 is 0 Å². The van der Waals surface area contributed by atoms with Gasteiger partial charge in [0, 0.05) is 36.6 Å². The van der Waals surface area contributed by atoms with Crippen LogP contribution in [0, 0.1) is 0 Å². The molecular formula is C16H19ClN2O3S. The first kappa shape index (κ1) is 16.8. The summed E-state index contributed by atoms with van der Waals surface area (Å²) in [6, 6.07) is 3.42. The highest BCUT2D eigenvalue weighted by Crippen LogP contribution is 2.30. The lowest BCUT2D eigenvalue weighted by molar-refractivity contribution is -0.115. The number of nitrogens with one attached hydrogen (secondary N) is 1. The van der Waals surface area contributed by atoms with Gasteiger partial charge in [-0.25, -0.2) is 0 Å². The number of hydrogen-bond donors (Lipinski definition) is 1. The van der Waals surface area contributed by atoms with Gasteiger partial charge in [-0.3, -0.25) is 14.5 Å². The number of carbonyl (C=O) groups excluding carboxylic acids is 2. The zero-order valence-electron chi connectivity index (χ0n) is 12.8. The summed E-state index contributed by atoms with van der Waals surface area (Å²) in [5.74, 6) is 1.28. The maximum atomic E-state index is 12.4. The molecule has 0 spiro atoms. The van der Waals surface area contributed by atoms with Crippen molar-refractivity contribution in [2.45, 2.75) is 6.42 Å². The van der Waals surface area contributed by atoms with E-state index in [0.29, 0.717) is 22.8 Å². The van der Waals surface area contributed by atoms with Crippen LogP contribution in [0.3, 0.4) is 0 Å². The van der Waals surface area contributed by atoms with Gasteiger partial charge in [0.2, 0.25) is 5.91 Å². The van der Waals surface area contributed by atoms with Gasteiger partial charge in [0.1, 0.15) is 0 Å². The van der Waals surface area contributed by atoms with Crippen molar-refractivity contribution in [1.82, 2.24) is 4.90 Å². The summed E-state index contributed by atoms with van der Waals surface area (Å²) in [4.78, 5) is 26.1. The van der Waals surface area contributed by atoms with E-state index in [2.05, 4.69) is 10.2 Å². The van der Waals surface area contributed by atoms with Crippen LogP contribution >= 0.6 is 23.4 Å². The van der Waals surface area contributed by atoms with Crippen molar-refractivity contribution in [2.24, 2.45) is 0 Å². The van der Waals surface area contributed by atoms with Gasteiger partial charge in [-0.05, 0) is 17.7 Å². The summed E-state index contributed by atoms with van der Waals surface area (Å²) in [6.07, 6.45) is 0.316. The first-order chi connectivity index (χ1) is 11.1. The molecular weight excluding hydrogens is 336 g/mol. The molecule has 5 nitrogen and oxygen atoms in total. The third-order valence-corrected chi connectivity index (χ3v) is 5.26. The summed E-state index contributed by atoms with van der Waals surface area (Å²) < 4.78 is 5.31. The normalized spacial score (nSPS) is 17.9.